The molecule has 0 aromatic heterocycles. The standard InChI is InChI=1S/C21H23F3N2O2/c22-21(23,24)18-8-4-7-17(13-18)14-25-19-9-11-26(12-10-19)20(27)28-15-16-5-2-1-3-6-16/h1-8,13,19,25H,9-12,14-15H2. The third kappa shape index (κ3) is 5.73. The number of carbonyl (C=O) groups excluding carboxylic acids is 1. The molecule has 0 unspecified atom stereocenters. The van der Waals surface area contributed by atoms with E-state index in [2.05, 4.69) is 5.32 Å². The second kappa shape index (κ2) is 9.10. The molecule has 1 amide bonds. The third-order valence-corrected chi connectivity index (χ3v) is 4.81. The molecule has 1 aliphatic heterocycles. The van der Waals surface area contributed by atoms with Crippen molar-refractivity contribution in [3.8, 4) is 0 Å². The minimum atomic E-state index is -4.33. The number of rotatable bonds is 5. The molecule has 1 saturated heterocycles. The van der Waals surface area contributed by atoms with Gasteiger partial charge < -0.3 is 15.0 Å². The van der Waals surface area contributed by atoms with Crippen LogP contribution in [0.1, 0.15) is 29.5 Å². The molecule has 0 saturated carbocycles. The predicted molar refractivity (Wildman–Crippen MR) is 99.5 cm³/mol. The van der Waals surface area contributed by atoms with Crippen LogP contribution in [0.5, 0.6) is 0 Å². The van der Waals surface area contributed by atoms with Crippen molar-refractivity contribution in [1.29, 1.82) is 0 Å². The highest BCUT2D eigenvalue weighted by Gasteiger charge is 2.30. The lowest BCUT2D eigenvalue weighted by molar-refractivity contribution is -0.137. The first-order valence-electron chi connectivity index (χ1n) is 9.27. The Kier molecular flexibility index (Phi) is 6.57. The lowest BCUT2D eigenvalue weighted by Gasteiger charge is -2.32. The zero-order valence-corrected chi connectivity index (χ0v) is 15.4. The van der Waals surface area contributed by atoms with Gasteiger partial charge in [-0.05, 0) is 30.0 Å². The molecule has 0 spiro atoms. The first-order chi connectivity index (χ1) is 13.4. The number of carbonyl (C=O) groups is 1. The number of nitrogens with zero attached hydrogens (tertiary/aromatic N) is 1. The quantitative estimate of drug-likeness (QED) is 0.809. The van der Waals surface area contributed by atoms with Crippen LogP contribution in [-0.4, -0.2) is 30.1 Å². The molecule has 0 aliphatic carbocycles. The van der Waals surface area contributed by atoms with Gasteiger partial charge in [-0.3, -0.25) is 0 Å². The Balaban J connectivity index is 1.41. The number of benzene rings is 2. The van der Waals surface area contributed by atoms with Crippen LogP contribution in [0, 0.1) is 0 Å². The second-order valence-corrected chi connectivity index (χ2v) is 6.88. The number of amides is 1. The number of ether oxygens (including phenoxy) is 1. The maximum absolute atomic E-state index is 12.8. The van der Waals surface area contributed by atoms with Crippen LogP contribution in [0.3, 0.4) is 0 Å². The first-order valence-corrected chi connectivity index (χ1v) is 9.27. The summed E-state index contributed by atoms with van der Waals surface area (Å²) in [7, 11) is 0. The molecule has 2 aromatic carbocycles. The van der Waals surface area contributed by atoms with Crippen molar-refractivity contribution in [2.24, 2.45) is 0 Å². The Hall–Kier alpha value is -2.54. The van der Waals surface area contributed by atoms with Crippen LogP contribution in [0.2, 0.25) is 0 Å². The molecule has 1 N–H and O–H groups in total. The van der Waals surface area contributed by atoms with Crippen molar-refractivity contribution < 1.29 is 22.7 Å². The van der Waals surface area contributed by atoms with Gasteiger partial charge in [0.25, 0.3) is 0 Å². The van der Waals surface area contributed by atoms with E-state index in [1.165, 1.54) is 12.1 Å². The Labute approximate surface area is 162 Å². The van der Waals surface area contributed by atoms with Crippen LogP contribution >= 0.6 is 0 Å². The van der Waals surface area contributed by atoms with Gasteiger partial charge in [-0.1, -0.05) is 48.5 Å². The number of hydrogen-bond donors (Lipinski definition) is 1. The zero-order valence-electron chi connectivity index (χ0n) is 15.4. The molecular weight excluding hydrogens is 369 g/mol. The van der Waals surface area contributed by atoms with Gasteiger partial charge in [-0.25, -0.2) is 4.79 Å². The Morgan fingerprint density at radius 3 is 2.39 bits per heavy atom. The first kappa shape index (κ1) is 20.2. The molecule has 0 atom stereocenters. The van der Waals surface area contributed by atoms with Crippen molar-refractivity contribution in [2.75, 3.05) is 13.1 Å². The summed E-state index contributed by atoms with van der Waals surface area (Å²) in [4.78, 5) is 13.8. The van der Waals surface area contributed by atoms with Crippen LogP contribution in [0.25, 0.3) is 0 Å². The monoisotopic (exact) mass is 392 g/mol. The van der Waals surface area contributed by atoms with E-state index in [0.717, 1.165) is 24.5 Å². The lowest BCUT2D eigenvalue weighted by Crippen LogP contribution is -2.44. The molecule has 0 bridgehead atoms. The van der Waals surface area contributed by atoms with Gasteiger partial charge in [0, 0.05) is 25.7 Å². The summed E-state index contributed by atoms with van der Waals surface area (Å²) in [6.45, 7) is 1.74. The maximum Gasteiger partial charge on any atom is 0.416 e. The number of hydrogen-bond acceptors (Lipinski definition) is 3. The molecule has 150 valence electrons. The summed E-state index contributed by atoms with van der Waals surface area (Å²) in [5.74, 6) is 0. The highest BCUT2D eigenvalue weighted by molar-refractivity contribution is 5.67. The summed E-state index contributed by atoms with van der Waals surface area (Å²) >= 11 is 0. The van der Waals surface area contributed by atoms with Crippen LogP contribution < -0.4 is 5.32 Å². The van der Waals surface area contributed by atoms with Crippen LogP contribution in [-0.2, 0) is 24.1 Å². The van der Waals surface area contributed by atoms with Crippen molar-refractivity contribution in [1.82, 2.24) is 10.2 Å². The van der Waals surface area contributed by atoms with Crippen molar-refractivity contribution in [3.63, 3.8) is 0 Å². The molecule has 1 fully saturated rings. The Morgan fingerprint density at radius 1 is 1.04 bits per heavy atom. The van der Waals surface area contributed by atoms with E-state index in [1.807, 2.05) is 30.3 Å². The minimum Gasteiger partial charge on any atom is -0.445 e. The van der Waals surface area contributed by atoms with E-state index < -0.39 is 11.7 Å². The number of piperidine rings is 1. The molecule has 4 nitrogen and oxygen atoms in total. The summed E-state index contributed by atoms with van der Waals surface area (Å²) < 4.78 is 43.7. The molecule has 1 heterocycles. The van der Waals surface area contributed by atoms with E-state index >= 15 is 0 Å². The van der Waals surface area contributed by atoms with Gasteiger partial charge >= 0.3 is 12.3 Å². The highest BCUT2D eigenvalue weighted by atomic mass is 19.4. The summed E-state index contributed by atoms with van der Waals surface area (Å²) in [5, 5.41) is 3.29. The molecule has 0 radical (unpaired) electrons. The van der Waals surface area contributed by atoms with E-state index in [1.54, 1.807) is 11.0 Å². The minimum absolute atomic E-state index is 0.160. The number of halogens is 3. The Morgan fingerprint density at radius 2 is 1.71 bits per heavy atom. The van der Waals surface area contributed by atoms with Gasteiger partial charge in [0.15, 0.2) is 0 Å². The van der Waals surface area contributed by atoms with Crippen molar-refractivity contribution >= 4 is 6.09 Å². The smallest absolute Gasteiger partial charge is 0.416 e. The van der Waals surface area contributed by atoms with E-state index in [4.69, 9.17) is 4.74 Å². The second-order valence-electron chi connectivity index (χ2n) is 6.88. The third-order valence-electron chi connectivity index (χ3n) is 4.81. The van der Waals surface area contributed by atoms with Gasteiger partial charge in [0.05, 0.1) is 5.56 Å². The number of alkyl halides is 3. The van der Waals surface area contributed by atoms with Gasteiger partial charge in [-0.15, -0.1) is 0 Å². The fourth-order valence-electron chi connectivity index (χ4n) is 3.20. The van der Waals surface area contributed by atoms with E-state index in [-0.39, 0.29) is 18.7 Å². The largest absolute Gasteiger partial charge is 0.445 e. The van der Waals surface area contributed by atoms with Crippen molar-refractivity contribution in [2.45, 2.75) is 38.2 Å². The topological polar surface area (TPSA) is 41.6 Å². The lowest BCUT2D eigenvalue weighted by atomic mass is 10.0. The SMILES string of the molecule is O=C(OCc1ccccc1)N1CCC(NCc2cccc(C(F)(F)F)c2)CC1. The number of nitrogens with one attached hydrogen (secondary N) is 1. The summed E-state index contributed by atoms with van der Waals surface area (Å²) in [6, 6.07) is 15.0. The maximum atomic E-state index is 12.8. The number of likely N-dealkylation sites (tertiary alicyclic amines) is 1. The van der Waals surface area contributed by atoms with Gasteiger partial charge in [0.2, 0.25) is 0 Å². The molecule has 3 rings (SSSR count). The van der Waals surface area contributed by atoms with Gasteiger partial charge in [-0.2, -0.15) is 13.2 Å². The van der Waals surface area contributed by atoms with Crippen LogP contribution in [0.15, 0.2) is 54.6 Å². The van der Waals surface area contributed by atoms with Crippen LogP contribution in [0.4, 0.5) is 18.0 Å². The highest BCUT2D eigenvalue weighted by Crippen LogP contribution is 2.29. The average molecular weight is 392 g/mol. The normalized spacial score (nSPS) is 15.5. The average Bonchev–Trinajstić information content (AvgIpc) is 2.71. The molecule has 1 aliphatic rings. The molecule has 2 aromatic rings. The van der Waals surface area contributed by atoms with E-state index in [0.29, 0.717) is 25.2 Å². The fraction of sp³-hybridized carbons (Fsp3) is 0.381. The van der Waals surface area contributed by atoms with Gasteiger partial charge in [0.1, 0.15) is 6.61 Å². The molecule has 28 heavy (non-hydrogen) atoms. The molecule has 7 heteroatoms. The van der Waals surface area contributed by atoms with E-state index in [9.17, 15) is 18.0 Å². The predicted octanol–water partition coefficient (Wildman–Crippen LogP) is 4.60. The Bertz CT molecular complexity index is 773. The van der Waals surface area contributed by atoms with Crippen molar-refractivity contribution in [3.05, 3.63) is 71.3 Å². The summed E-state index contributed by atoms with van der Waals surface area (Å²) in [5.41, 5.74) is 0.899. The zero-order chi connectivity index (χ0) is 20.0. The fourth-order valence-corrected chi connectivity index (χ4v) is 3.20. The molecular formula is C21H23F3N2O2. The summed E-state index contributed by atoms with van der Waals surface area (Å²) in [6.07, 6.45) is -3.19.